The Morgan fingerprint density at radius 1 is 1.20 bits per heavy atom. The summed E-state index contributed by atoms with van der Waals surface area (Å²) in [6, 6.07) is 0. The molecule has 2 nitrogen and oxygen atoms in total. The van der Waals surface area contributed by atoms with E-state index in [0.717, 1.165) is 0 Å². The highest BCUT2D eigenvalue weighted by atomic mass is 32.2. The van der Waals surface area contributed by atoms with Crippen LogP contribution in [-0.2, 0) is 9.84 Å². The average molecular weight is 228 g/mol. The Morgan fingerprint density at radius 3 is 2.07 bits per heavy atom. The fraction of sp³-hybridized carbons (Fsp3) is 0.333. The van der Waals surface area contributed by atoms with E-state index >= 15 is 0 Å². The summed E-state index contributed by atoms with van der Waals surface area (Å²) in [5.41, 5.74) is 0. The van der Waals surface area contributed by atoms with Crippen molar-refractivity contribution in [1.82, 2.24) is 0 Å². The van der Waals surface area contributed by atoms with Gasteiger partial charge >= 0.3 is 0 Å². The van der Waals surface area contributed by atoms with E-state index in [1.807, 2.05) is 26.8 Å². The Labute approximate surface area is 93.6 Å². The second kappa shape index (κ2) is 9.46. The van der Waals surface area contributed by atoms with Gasteiger partial charge in [-0.05, 0) is 19.1 Å². The summed E-state index contributed by atoms with van der Waals surface area (Å²) in [4.78, 5) is 0.264. The number of sulfone groups is 1. The largest absolute Gasteiger partial charge is 0.224 e. The third kappa shape index (κ3) is 9.22. The average Bonchev–Trinajstić information content (AvgIpc) is 2.18. The van der Waals surface area contributed by atoms with Crippen molar-refractivity contribution in [2.45, 2.75) is 20.8 Å². The standard InChI is InChI=1S/C10H14O2S.C2H6/c1-4-6-7-9-10(8-5-2)13(3,11)12;1-2/h4-9H,2H2,1,3H3;1-2H3/b6-4-,9-7-,10-8+;. The van der Waals surface area contributed by atoms with Gasteiger partial charge in [0.15, 0.2) is 9.84 Å². The predicted octanol–water partition coefficient (Wildman–Crippen LogP) is 3.26. The van der Waals surface area contributed by atoms with Gasteiger partial charge in [0.2, 0.25) is 0 Å². The Kier molecular flexibility index (Phi) is 10.3. The van der Waals surface area contributed by atoms with Crippen LogP contribution in [0.1, 0.15) is 20.8 Å². The van der Waals surface area contributed by atoms with Gasteiger partial charge < -0.3 is 0 Å². The normalized spacial score (nSPS) is 12.7. The first-order chi connectivity index (χ1) is 7.02. The zero-order chi connectivity index (χ0) is 12.3. The lowest BCUT2D eigenvalue weighted by Crippen LogP contribution is -1.97. The van der Waals surface area contributed by atoms with Gasteiger partial charge in [-0.25, -0.2) is 8.42 Å². The van der Waals surface area contributed by atoms with Gasteiger partial charge in [-0.3, -0.25) is 0 Å². The fourth-order valence-electron chi connectivity index (χ4n) is 0.680. The van der Waals surface area contributed by atoms with Crippen LogP contribution in [0.15, 0.2) is 47.9 Å². The number of allylic oxidation sites excluding steroid dienone is 6. The SMILES string of the molecule is C=C\C=C(/C=C\C=C/C)S(C)(=O)=O.CC. The second-order valence-electron chi connectivity index (χ2n) is 2.46. The molecule has 0 aromatic heterocycles. The molecule has 0 amide bonds. The molecule has 0 aromatic carbocycles. The van der Waals surface area contributed by atoms with Crippen LogP contribution in [0, 0.1) is 0 Å². The van der Waals surface area contributed by atoms with E-state index in [2.05, 4.69) is 6.58 Å². The highest BCUT2D eigenvalue weighted by Crippen LogP contribution is 2.06. The molecule has 0 heterocycles. The first-order valence-electron chi connectivity index (χ1n) is 4.84. The van der Waals surface area contributed by atoms with Crippen LogP contribution in [0.5, 0.6) is 0 Å². The van der Waals surface area contributed by atoms with Crippen LogP contribution in [0.3, 0.4) is 0 Å². The summed E-state index contributed by atoms with van der Waals surface area (Å²) in [5, 5.41) is 0. The van der Waals surface area contributed by atoms with Crippen LogP contribution in [0.25, 0.3) is 0 Å². The van der Waals surface area contributed by atoms with Gasteiger partial charge in [0.25, 0.3) is 0 Å². The first-order valence-corrected chi connectivity index (χ1v) is 6.73. The van der Waals surface area contributed by atoms with E-state index in [9.17, 15) is 8.42 Å². The van der Waals surface area contributed by atoms with Crippen molar-refractivity contribution in [3.8, 4) is 0 Å². The fourth-order valence-corrected chi connectivity index (χ4v) is 1.35. The van der Waals surface area contributed by atoms with Gasteiger partial charge in [0, 0.05) is 6.26 Å². The number of hydrogen-bond acceptors (Lipinski definition) is 2. The van der Waals surface area contributed by atoms with Crippen LogP contribution in [-0.4, -0.2) is 14.7 Å². The van der Waals surface area contributed by atoms with Gasteiger partial charge in [0.1, 0.15) is 0 Å². The quantitative estimate of drug-likeness (QED) is 0.692. The summed E-state index contributed by atoms with van der Waals surface area (Å²) in [7, 11) is -3.14. The van der Waals surface area contributed by atoms with Crippen LogP contribution < -0.4 is 0 Å². The van der Waals surface area contributed by atoms with Crippen molar-refractivity contribution < 1.29 is 8.42 Å². The van der Waals surface area contributed by atoms with Gasteiger partial charge in [-0.1, -0.05) is 44.7 Å². The van der Waals surface area contributed by atoms with Gasteiger partial charge in [-0.15, -0.1) is 0 Å². The molecule has 0 spiro atoms. The highest BCUT2D eigenvalue weighted by Gasteiger charge is 2.04. The van der Waals surface area contributed by atoms with Crippen molar-refractivity contribution in [1.29, 1.82) is 0 Å². The van der Waals surface area contributed by atoms with E-state index in [0.29, 0.717) is 0 Å². The Bertz CT molecular complexity index is 344. The van der Waals surface area contributed by atoms with Crippen molar-refractivity contribution in [2.24, 2.45) is 0 Å². The summed E-state index contributed by atoms with van der Waals surface area (Å²) < 4.78 is 22.2. The van der Waals surface area contributed by atoms with Crippen molar-refractivity contribution in [3.05, 3.63) is 47.9 Å². The molecule has 0 bridgehead atoms. The van der Waals surface area contributed by atoms with E-state index in [1.54, 1.807) is 12.2 Å². The Morgan fingerprint density at radius 2 is 1.73 bits per heavy atom. The molecule has 15 heavy (non-hydrogen) atoms. The molecule has 0 rings (SSSR count). The van der Waals surface area contributed by atoms with E-state index in [4.69, 9.17) is 0 Å². The molecule has 0 N–H and O–H groups in total. The summed E-state index contributed by atoms with van der Waals surface area (Å²) in [5.74, 6) is 0. The van der Waals surface area contributed by atoms with Crippen molar-refractivity contribution in [3.63, 3.8) is 0 Å². The van der Waals surface area contributed by atoms with Gasteiger partial charge in [0.05, 0.1) is 4.91 Å². The highest BCUT2D eigenvalue weighted by molar-refractivity contribution is 7.94. The maximum Gasteiger partial charge on any atom is 0.175 e. The van der Waals surface area contributed by atoms with Crippen molar-refractivity contribution in [2.75, 3.05) is 6.26 Å². The summed E-state index contributed by atoms with van der Waals surface area (Å²) >= 11 is 0. The monoisotopic (exact) mass is 228 g/mol. The molecular formula is C12H20O2S. The first kappa shape index (κ1) is 16.3. The molecule has 0 aromatic rings. The predicted molar refractivity (Wildman–Crippen MR) is 68.4 cm³/mol. The third-order valence-corrected chi connectivity index (χ3v) is 2.40. The summed E-state index contributed by atoms with van der Waals surface area (Å²) in [6.45, 7) is 9.31. The maximum absolute atomic E-state index is 11.1. The minimum atomic E-state index is -3.14. The van der Waals surface area contributed by atoms with E-state index < -0.39 is 9.84 Å². The van der Waals surface area contributed by atoms with Gasteiger partial charge in [-0.2, -0.15) is 0 Å². The second-order valence-corrected chi connectivity index (χ2v) is 4.48. The molecule has 86 valence electrons. The Hall–Kier alpha value is -1.09. The molecule has 0 saturated carbocycles. The minimum absolute atomic E-state index is 0.264. The lowest BCUT2D eigenvalue weighted by atomic mass is 10.4. The molecule has 0 aliphatic rings. The van der Waals surface area contributed by atoms with E-state index in [-0.39, 0.29) is 4.91 Å². The topological polar surface area (TPSA) is 34.1 Å². The van der Waals surface area contributed by atoms with Crippen LogP contribution in [0.2, 0.25) is 0 Å². The smallest absolute Gasteiger partial charge is 0.175 e. The zero-order valence-corrected chi connectivity index (χ0v) is 10.7. The van der Waals surface area contributed by atoms with Crippen molar-refractivity contribution >= 4 is 9.84 Å². The third-order valence-electron chi connectivity index (χ3n) is 1.27. The lowest BCUT2D eigenvalue weighted by molar-refractivity contribution is 0.608. The molecule has 0 aliphatic carbocycles. The number of hydrogen-bond donors (Lipinski definition) is 0. The minimum Gasteiger partial charge on any atom is -0.224 e. The molecule has 3 heteroatoms. The molecule has 0 radical (unpaired) electrons. The molecule has 0 atom stereocenters. The summed E-state index contributed by atoms with van der Waals surface area (Å²) in [6.07, 6.45) is 10.9. The van der Waals surface area contributed by atoms with E-state index in [1.165, 1.54) is 24.5 Å². The molecule has 0 saturated heterocycles. The zero-order valence-electron chi connectivity index (χ0n) is 9.90. The van der Waals surface area contributed by atoms with Crippen LogP contribution in [0.4, 0.5) is 0 Å². The molecule has 0 unspecified atom stereocenters. The number of rotatable bonds is 4. The maximum atomic E-state index is 11.1. The molecule has 0 aliphatic heterocycles. The molecular weight excluding hydrogens is 208 g/mol. The molecule has 0 fully saturated rings. The lowest BCUT2D eigenvalue weighted by Gasteiger charge is -1.95. The Balaban J connectivity index is 0. The van der Waals surface area contributed by atoms with Crippen LogP contribution >= 0.6 is 0 Å².